The molecule has 3 nitrogen and oxygen atoms in total. The van der Waals surface area contributed by atoms with Crippen molar-refractivity contribution in [3.05, 3.63) is 51.6 Å². The maximum absolute atomic E-state index is 8.76. The molecule has 0 aliphatic heterocycles. The lowest BCUT2D eigenvalue weighted by atomic mass is 10.3. The average molecular weight is 309 g/mol. The van der Waals surface area contributed by atoms with Crippen LogP contribution in [0.2, 0.25) is 5.02 Å². The highest BCUT2D eigenvalue weighted by atomic mass is 79.9. The summed E-state index contributed by atoms with van der Waals surface area (Å²) in [4.78, 5) is 4.12. The van der Waals surface area contributed by atoms with Crippen molar-refractivity contribution in [3.8, 4) is 6.07 Å². The van der Waals surface area contributed by atoms with Gasteiger partial charge in [-0.15, -0.1) is 0 Å². The minimum Gasteiger partial charge on any atom is -0.339 e. The van der Waals surface area contributed by atoms with Crippen molar-refractivity contribution < 1.29 is 0 Å². The fourth-order valence-electron chi connectivity index (χ4n) is 1.30. The average Bonchev–Trinajstić information content (AvgIpc) is 2.34. The summed E-state index contributed by atoms with van der Waals surface area (Å²) in [6, 6.07) is 12.6. The molecule has 0 bridgehead atoms. The van der Waals surface area contributed by atoms with Crippen LogP contribution >= 0.6 is 27.5 Å². The first-order chi connectivity index (χ1) is 8.19. The molecule has 1 heterocycles. The van der Waals surface area contributed by atoms with Crippen molar-refractivity contribution in [1.29, 1.82) is 5.26 Å². The molecule has 17 heavy (non-hydrogen) atoms. The number of pyridine rings is 1. The Morgan fingerprint density at radius 1 is 1.29 bits per heavy atom. The van der Waals surface area contributed by atoms with Gasteiger partial charge in [0.25, 0.3) is 0 Å². The van der Waals surface area contributed by atoms with Crippen LogP contribution in [-0.2, 0) is 0 Å². The number of nitriles is 1. The molecule has 0 saturated heterocycles. The summed E-state index contributed by atoms with van der Waals surface area (Å²) in [5.41, 5.74) is 1.17. The third-order valence-corrected chi connectivity index (χ3v) is 2.98. The molecule has 1 aromatic carbocycles. The van der Waals surface area contributed by atoms with E-state index < -0.39 is 0 Å². The van der Waals surface area contributed by atoms with E-state index >= 15 is 0 Å². The van der Waals surface area contributed by atoms with Crippen LogP contribution in [0.3, 0.4) is 0 Å². The third kappa shape index (κ3) is 2.96. The molecule has 0 aliphatic carbocycles. The van der Waals surface area contributed by atoms with Crippen molar-refractivity contribution >= 4 is 39.0 Å². The van der Waals surface area contributed by atoms with Gasteiger partial charge in [0.15, 0.2) is 0 Å². The summed E-state index contributed by atoms with van der Waals surface area (Å²) in [6.45, 7) is 0. The quantitative estimate of drug-likeness (QED) is 0.908. The van der Waals surface area contributed by atoms with Gasteiger partial charge in [-0.3, -0.25) is 0 Å². The fraction of sp³-hybridized carbons (Fsp3) is 0. The standard InChI is InChI=1S/C12H7BrClN3/c13-10-5-4-8(14)6-11(10)17-12-3-1-2-9(7-15)16-12/h1-6H,(H,16,17). The highest BCUT2D eigenvalue weighted by molar-refractivity contribution is 9.10. The second-order valence-electron chi connectivity index (χ2n) is 3.27. The normalized spacial score (nSPS) is 9.71. The van der Waals surface area contributed by atoms with Gasteiger partial charge in [0.2, 0.25) is 0 Å². The maximum atomic E-state index is 8.76. The molecule has 1 aromatic heterocycles. The molecule has 5 heteroatoms. The number of rotatable bonds is 2. The molecule has 0 radical (unpaired) electrons. The van der Waals surface area contributed by atoms with Gasteiger partial charge in [0.05, 0.1) is 5.69 Å². The molecule has 0 atom stereocenters. The number of hydrogen-bond donors (Lipinski definition) is 1. The predicted octanol–water partition coefficient (Wildman–Crippen LogP) is 4.11. The van der Waals surface area contributed by atoms with Gasteiger partial charge >= 0.3 is 0 Å². The van der Waals surface area contributed by atoms with E-state index in [-0.39, 0.29) is 0 Å². The largest absolute Gasteiger partial charge is 0.339 e. The van der Waals surface area contributed by atoms with E-state index in [0.29, 0.717) is 16.5 Å². The molecule has 0 fully saturated rings. The Kier molecular flexibility index (Phi) is 3.62. The number of anilines is 2. The van der Waals surface area contributed by atoms with Gasteiger partial charge in [-0.2, -0.15) is 5.26 Å². The Hall–Kier alpha value is -1.57. The SMILES string of the molecule is N#Cc1cccc(Nc2cc(Cl)ccc2Br)n1. The number of benzene rings is 1. The zero-order chi connectivity index (χ0) is 12.3. The van der Waals surface area contributed by atoms with E-state index in [1.807, 2.05) is 12.1 Å². The smallest absolute Gasteiger partial charge is 0.142 e. The van der Waals surface area contributed by atoms with E-state index in [4.69, 9.17) is 16.9 Å². The summed E-state index contributed by atoms with van der Waals surface area (Å²) in [5.74, 6) is 0.604. The first-order valence-electron chi connectivity index (χ1n) is 4.78. The third-order valence-electron chi connectivity index (χ3n) is 2.05. The van der Waals surface area contributed by atoms with Crippen LogP contribution in [0.15, 0.2) is 40.9 Å². The molecule has 0 amide bonds. The van der Waals surface area contributed by atoms with E-state index in [1.165, 1.54) is 0 Å². The predicted molar refractivity (Wildman–Crippen MR) is 71.4 cm³/mol. The van der Waals surface area contributed by atoms with Crippen molar-refractivity contribution in [2.24, 2.45) is 0 Å². The van der Waals surface area contributed by atoms with Crippen LogP contribution in [-0.4, -0.2) is 4.98 Å². The Labute approximate surface area is 112 Å². The highest BCUT2D eigenvalue weighted by Crippen LogP contribution is 2.28. The lowest BCUT2D eigenvalue weighted by Gasteiger charge is -2.08. The molecule has 0 spiro atoms. The van der Waals surface area contributed by atoms with Crippen LogP contribution in [0.1, 0.15) is 5.69 Å². The fourth-order valence-corrected chi connectivity index (χ4v) is 1.82. The molecule has 0 saturated carbocycles. The van der Waals surface area contributed by atoms with Gasteiger partial charge in [-0.25, -0.2) is 4.98 Å². The number of nitrogens with one attached hydrogen (secondary N) is 1. The van der Waals surface area contributed by atoms with Crippen LogP contribution in [0, 0.1) is 11.3 Å². The molecule has 0 unspecified atom stereocenters. The molecular formula is C12H7BrClN3. The highest BCUT2D eigenvalue weighted by Gasteiger charge is 2.02. The summed E-state index contributed by atoms with van der Waals surface area (Å²) in [6.07, 6.45) is 0. The minimum atomic E-state index is 0.369. The molecule has 0 aliphatic rings. The second kappa shape index (κ2) is 5.17. The monoisotopic (exact) mass is 307 g/mol. The van der Waals surface area contributed by atoms with Crippen molar-refractivity contribution in [1.82, 2.24) is 4.98 Å². The second-order valence-corrected chi connectivity index (χ2v) is 4.56. The Morgan fingerprint density at radius 3 is 2.88 bits per heavy atom. The van der Waals surface area contributed by atoms with Gasteiger partial charge in [0, 0.05) is 9.50 Å². The number of hydrogen-bond acceptors (Lipinski definition) is 3. The van der Waals surface area contributed by atoms with Gasteiger partial charge in [-0.05, 0) is 46.3 Å². The lowest BCUT2D eigenvalue weighted by molar-refractivity contribution is 1.25. The van der Waals surface area contributed by atoms with Crippen LogP contribution < -0.4 is 5.32 Å². The number of halogens is 2. The Bertz CT molecular complexity index is 593. The van der Waals surface area contributed by atoms with E-state index in [0.717, 1.165) is 10.2 Å². The van der Waals surface area contributed by atoms with Gasteiger partial charge < -0.3 is 5.32 Å². The molecule has 2 aromatic rings. The summed E-state index contributed by atoms with van der Waals surface area (Å²) >= 11 is 9.32. The number of aromatic nitrogens is 1. The van der Waals surface area contributed by atoms with E-state index in [2.05, 4.69) is 26.2 Å². The molecule has 2 rings (SSSR count). The topological polar surface area (TPSA) is 48.7 Å². The first kappa shape index (κ1) is 11.9. The molecule has 84 valence electrons. The van der Waals surface area contributed by atoms with Crippen molar-refractivity contribution in [2.45, 2.75) is 0 Å². The minimum absolute atomic E-state index is 0.369. The molecule has 1 N–H and O–H groups in total. The summed E-state index contributed by atoms with van der Waals surface area (Å²) < 4.78 is 0.881. The van der Waals surface area contributed by atoms with Crippen LogP contribution in [0.4, 0.5) is 11.5 Å². The Morgan fingerprint density at radius 2 is 2.12 bits per heavy atom. The van der Waals surface area contributed by atoms with Gasteiger partial charge in [-0.1, -0.05) is 17.7 Å². The zero-order valence-electron chi connectivity index (χ0n) is 8.61. The van der Waals surface area contributed by atoms with Crippen LogP contribution in [0.5, 0.6) is 0 Å². The Balaban J connectivity index is 2.31. The van der Waals surface area contributed by atoms with Crippen molar-refractivity contribution in [3.63, 3.8) is 0 Å². The maximum Gasteiger partial charge on any atom is 0.142 e. The first-order valence-corrected chi connectivity index (χ1v) is 5.95. The summed E-state index contributed by atoms with van der Waals surface area (Å²) in [5, 5.41) is 12.5. The van der Waals surface area contributed by atoms with E-state index in [1.54, 1.807) is 30.3 Å². The van der Waals surface area contributed by atoms with Gasteiger partial charge in [0.1, 0.15) is 17.6 Å². The zero-order valence-corrected chi connectivity index (χ0v) is 11.0. The van der Waals surface area contributed by atoms with Crippen molar-refractivity contribution in [2.75, 3.05) is 5.32 Å². The van der Waals surface area contributed by atoms with E-state index in [9.17, 15) is 0 Å². The number of nitrogens with zero attached hydrogens (tertiary/aromatic N) is 2. The summed E-state index contributed by atoms with van der Waals surface area (Å²) in [7, 11) is 0. The van der Waals surface area contributed by atoms with Crippen LogP contribution in [0.25, 0.3) is 0 Å². The lowest BCUT2D eigenvalue weighted by Crippen LogP contribution is -1.95. The molecular weight excluding hydrogens is 302 g/mol.